The van der Waals surface area contributed by atoms with Gasteiger partial charge in [-0.05, 0) is 59.3 Å². The predicted octanol–water partition coefficient (Wildman–Crippen LogP) is 2.00. The number of nitrogens with two attached hydrogens (primary N) is 1. The number of aryl methyl sites for hydroxylation is 1. The van der Waals surface area contributed by atoms with Crippen LogP contribution in [0.25, 0.3) is 5.69 Å². The van der Waals surface area contributed by atoms with Gasteiger partial charge in [-0.2, -0.15) is 4.68 Å². The topological polar surface area (TPSA) is 133 Å². The Labute approximate surface area is 170 Å². The van der Waals surface area contributed by atoms with Gasteiger partial charge in [0.2, 0.25) is 21.1 Å². The molecule has 0 aliphatic rings. The zero-order valence-corrected chi connectivity index (χ0v) is 16.9. The van der Waals surface area contributed by atoms with E-state index in [9.17, 15) is 13.2 Å². The van der Waals surface area contributed by atoms with Crippen LogP contribution in [0.1, 0.15) is 5.56 Å². The number of rotatable bonds is 6. The molecule has 1 amide bonds. The van der Waals surface area contributed by atoms with Crippen molar-refractivity contribution in [3.05, 3.63) is 53.1 Å². The van der Waals surface area contributed by atoms with Gasteiger partial charge in [0.25, 0.3) is 0 Å². The summed E-state index contributed by atoms with van der Waals surface area (Å²) in [6.45, 7) is 1.89. The van der Waals surface area contributed by atoms with E-state index in [1.807, 2.05) is 19.1 Å². The van der Waals surface area contributed by atoms with Crippen LogP contribution in [0.15, 0.2) is 52.5 Å². The second-order valence-corrected chi connectivity index (χ2v) is 8.62. The number of aromatic nitrogens is 4. The molecule has 0 saturated carbocycles. The van der Waals surface area contributed by atoms with Gasteiger partial charge in [-0.3, -0.25) is 4.79 Å². The van der Waals surface area contributed by atoms with Crippen molar-refractivity contribution in [2.45, 2.75) is 17.0 Å². The molecular weight excluding hydrogens is 424 g/mol. The molecule has 146 valence electrons. The predicted molar refractivity (Wildman–Crippen MR) is 106 cm³/mol. The van der Waals surface area contributed by atoms with Crippen molar-refractivity contribution < 1.29 is 13.2 Å². The van der Waals surface area contributed by atoms with Crippen molar-refractivity contribution in [3.8, 4) is 5.69 Å². The highest BCUT2D eigenvalue weighted by Crippen LogP contribution is 2.23. The Morgan fingerprint density at radius 1 is 1.25 bits per heavy atom. The van der Waals surface area contributed by atoms with Crippen LogP contribution in [0.2, 0.25) is 5.02 Å². The van der Waals surface area contributed by atoms with Crippen LogP contribution >= 0.6 is 23.4 Å². The number of primary sulfonamides is 1. The fourth-order valence-corrected chi connectivity index (χ4v) is 3.58. The molecule has 1 aromatic heterocycles. The summed E-state index contributed by atoms with van der Waals surface area (Å²) in [5.74, 6) is -0.249. The van der Waals surface area contributed by atoms with Gasteiger partial charge in [0.15, 0.2) is 0 Å². The number of anilines is 1. The quantitative estimate of drug-likeness (QED) is 0.562. The number of hydrogen-bond donors (Lipinski definition) is 2. The van der Waals surface area contributed by atoms with Crippen molar-refractivity contribution in [2.75, 3.05) is 11.1 Å². The number of nitrogens with zero attached hydrogens (tertiary/aromatic N) is 4. The van der Waals surface area contributed by atoms with Crippen LogP contribution in [0, 0.1) is 6.92 Å². The summed E-state index contributed by atoms with van der Waals surface area (Å²) in [6.07, 6.45) is 0. The van der Waals surface area contributed by atoms with Gasteiger partial charge in [-0.1, -0.05) is 29.4 Å². The first-order valence-electron chi connectivity index (χ1n) is 7.84. The number of sulfonamides is 1. The van der Waals surface area contributed by atoms with Crippen LogP contribution in [-0.4, -0.2) is 40.3 Å². The molecule has 0 radical (unpaired) electrons. The molecule has 0 aliphatic carbocycles. The number of benzene rings is 2. The fourth-order valence-electron chi connectivity index (χ4n) is 2.20. The van der Waals surface area contributed by atoms with E-state index in [0.29, 0.717) is 21.6 Å². The number of nitrogens with one attached hydrogen (secondary N) is 1. The van der Waals surface area contributed by atoms with Gasteiger partial charge in [-0.25, -0.2) is 13.6 Å². The van der Waals surface area contributed by atoms with E-state index in [0.717, 1.165) is 17.3 Å². The summed E-state index contributed by atoms with van der Waals surface area (Å²) in [5, 5.41) is 20.2. The lowest BCUT2D eigenvalue weighted by molar-refractivity contribution is -0.113. The summed E-state index contributed by atoms with van der Waals surface area (Å²) in [5.41, 5.74) is 2.06. The molecule has 1 heterocycles. The van der Waals surface area contributed by atoms with Crippen molar-refractivity contribution >= 4 is 45.0 Å². The first-order valence-corrected chi connectivity index (χ1v) is 10.8. The molecule has 3 aromatic rings. The average Bonchev–Trinajstić information content (AvgIpc) is 3.10. The third kappa shape index (κ3) is 4.87. The Hall–Kier alpha value is -2.47. The van der Waals surface area contributed by atoms with Crippen LogP contribution < -0.4 is 10.5 Å². The minimum absolute atomic E-state index is 0.0317. The molecule has 12 heteroatoms. The standard InChI is InChI=1S/C16H15ClN6O3S2/c1-10-2-5-12(8-14(10)17)23-16(20-21-22-23)27-9-15(24)19-11-3-6-13(7-4-11)28(18,25)26/h2-8H,9H2,1H3,(H,19,24)(H2,18,25,26). The summed E-state index contributed by atoms with van der Waals surface area (Å²) in [4.78, 5) is 12.1. The summed E-state index contributed by atoms with van der Waals surface area (Å²) >= 11 is 7.29. The molecule has 0 fully saturated rings. The van der Waals surface area contributed by atoms with Gasteiger partial charge >= 0.3 is 0 Å². The SMILES string of the molecule is Cc1ccc(-n2nnnc2SCC(=O)Nc2ccc(S(N)(=O)=O)cc2)cc1Cl. The minimum atomic E-state index is -3.78. The second-order valence-electron chi connectivity index (χ2n) is 5.71. The molecule has 3 rings (SSSR count). The van der Waals surface area contributed by atoms with Crippen molar-refractivity contribution in [3.63, 3.8) is 0 Å². The lowest BCUT2D eigenvalue weighted by atomic mass is 10.2. The molecule has 28 heavy (non-hydrogen) atoms. The second kappa shape index (κ2) is 8.27. The highest BCUT2D eigenvalue weighted by Gasteiger charge is 2.13. The maximum absolute atomic E-state index is 12.2. The lowest BCUT2D eigenvalue weighted by Crippen LogP contribution is -2.15. The maximum Gasteiger partial charge on any atom is 0.238 e. The minimum Gasteiger partial charge on any atom is -0.325 e. The van der Waals surface area contributed by atoms with Crippen LogP contribution in [0.4, 0.5) is 5.69 Å². The highest BCUT2D eigenvalue weighted by molar-refractivity contribution is 7.99. The smallest absolute Gasteiger partial charge is 0.238 e. The van der Waals surface area contributed by atoms with Crippen LogP contribution in [0.5, 0.6) is 0 Å². The fraction of sp³-hybridized carbons (Fsp3) is 0.125. The number of carbonyl (C=O) groups excluding carboxylic acids is 1. The molecule has 0 bridgehead atoms. The first-order chi connectivity index (χ1) is 13.2. The van der Waals surface area contributed by atoms with E-state index in [2.05, 4.69) is 20.8 Å². The number of hydrogen-bond acceptors (Lipinski definition) is 7. The third-order valence-corrected chi connectivity index (χ3v) is 5.90. The largest absolute Gasteiger partial charge is 0.325 e. The highest BCUT2D eigenvalue weighted by atomic mass is 35.5. The molecule has 0 unspecified atom stereocenters. The Balaban J connectivity index is 1.64. The molecule has 0 atom stereocenters. The number of thioether (sulfide) groups is 1. The normalized spacial score (nSPS) is 11.4. The molecule has 9 nitrogen and oxygen atoms in total. The number of tetrazole rings is 1. The molecular formula is C16H15ClN6O3S2. The van der Waals surface area contributed by atoms with E-state index in [1.54, 1.807) is 6.07 Å². The van der Waals surface area contributed by atoms with Gasteiger partial charge < -0.3 is 5.32 Å². The molecule has 0 aliphatic heterocycles. The van der Waals surface area contributed by atoms with Crippen molar-refractivity contribution in [1.82, 2.24) is 20.2 Å². The third-order valence-electron chi connectivity index (χ3n) is 3.64. The average molecular weight is 439 g/mol. The molecule has 2 aromatic carbocycles. The summed E-state index contributed by atoms with van der Waals surface area (Å²) in [7, 11) is -3.78. The molecule has 0 spiro atoms. The lowest BCUT2D eigenvalue weighted by Gasteiger charge is -2.07. The summed E-state index contributed by atoms with van der Waals surface area (Å²) in [6, 6.07) is 11.0. The summed E-state index contributed by atoms with van der Waals surface area (Å²) < 4.78 is 24.0. The Morgan fingerprint density at radius 3 is 2.61 bits per heavy atom. The van der Waals surface area contributed by atoms with Gasteiger partial charge in [0, 0.05) is 10.7 Å². The van der Waals surface area contributed by atoms with Gasteiger partial charge in [-0.15, -0.1) is 5.10 Å². The monoisotopic (exact) mass is 438 g/mol. The van der Waals surface area contributed by atoms with Gasteiger partial charge in [0.1, 0.15) is 0 Å². The van der Waals surface area contributed by atoms with E-state index in [1.165, 1.54) is 28.9 Å². The Kier molecular flexibility index (Phi) is 5.98. The zero-order valence-electron chi connectivity index (χ0n) is 14.5. The van der Waals surface area contributed by atoms with Crippen molar-refractivity contribution in [2.24, 2.45) is 5.14 Å². The Morgan fingerprint density at radius 2 is 1.96 bits per heavy atom. The Bertz CT molecular complexity index is 1120. The number of amides is 1. The maximum atomic E-state index is 12.2. The first kappa shape index (κ1) is 20.3. The van der Waals surface area contributed by atoms with Crippen LogP contribution in [0.3, 0.4) is 0 Å². The van der Waals surface area contributed by atoms with E-state index in [4.69, 9.17) is 16.7 Å². The van der Waals surface area contributed by atoms with E-state index in [-0.39, 0.29) is 16.6 Å². The molecule has 3 N–H and O–H groups in total. The van der Waals surface area contributed by atoms with E-state index < -0.39 is 10.0 Å². The van der Waals surface area contributed by atoms with E-state index >= 15 is 0 Å². The van der Waals surface area contributed by atoms with Crippen LogP contribution in [-0.2, 0) is 14.8 Å². The zero-order chi connectivity index (χ0) is 20.3. The van der Waals surface area contributed by atoms with Gasteiger partial charge in [0.05, 0.1) is 16.3 Å². The molecule has 0 saturated heterocycles. The number of carbonyl (C=O) groups is 1. The number of halogens is 1. The van der Waals surface area contributed by atoms with Crippen molar-refractivity contribution in [1.29, 1.82) is 0 Å².